The molecular formula is C15H22N2O. The maximum atomic E-state index is 12.3. The molecule has 0 bridgehead atoms. The van der Waals surface area contributed by atoms with Crippen LogP contribution in [0.5, 0.6) is 0 Å². The highest BCUT2D eigenvalue weighted by Crippen LogP contribution is 2.15. The van der Waals surface area contributed by atoms with Gasteiger partial charge in [-0.25, -0.2) is 0 Å². The van der Waals surface area contributed by atoms with Gasteiger partial charge in [-0.05, 0) is 63.4 Å². The SMILES string of the molecule is Cc1cccc(C(=O)NC(C)C2CCNC2)c1C. The lowest BCUT2D eigenvalue weighted by atomic mass is 9.99. The molecule has 0 radical (unpaired) electrons. The van der Waals surface area contributed by atoms with Crippen molar-refractivity contribution < 1.29 is 4.79 Å². The number of amides is 1. The highest BCUT2D eigenvalue weighted by Gasteiger charge is 2.23. The summed E-state index contributed by atoms with van der Waals surface area (Å²) in [6.45, 7) is 8.21. The molecule has 3 nitrogen and oxygen atoms in total. The predicted octanol–water partition coefficient (Wildman–Crippen LogP) is 2.03. The molecule has 18 heavy (non-hydrogen) atoms. The largest absolute Gasteiger partial charge is 0.349 e. The molecule has 2 rings (SSSR count). The van der Waals surface area contributed by atoms with E-state index < -0.39 is 0 Å². The number of carbonyl (C=O) groups is 1. The van der Waals surface area contributed by atoms with Crippen molar-refractivity contribution in [3.63, 3.8) is 0 Å². The van der Waals surface area contributed by atoms with Gasteiger partial charge in [0.25, 0.3) is 5.91 Å². The van der Waals surface area contributed by atoms with Crippen LogP contribution in [-0.4, -0.2) is 25.0 Å². The second-order valence-corrected chi connectivity index (χ2v) is 5.26. The second kappa shape index (κ2) is 5.53. The van der Waals surface area contributed by atoms with Crippen LogP contribution in [0.3, 0.4) is 0 Å². The molecule has 1 heterocycles. The molecule has 1 fully saturated rings. The van der Waals surface area contributed by atoms with Crippen LogP contribution in [0.25, 0.3) is 0 Å². The molecule has 1 amide bonds. The molecule has 0 spiro atoms. The first kappa shape index (κ1) is 13.1. The van der Waals surface area contributed by atoms with Gasteiger partial charge in [-0.1, -0.05) is 12.1 Å². The van der Waals surface area contributed by atoms with Crippen LogP contribution in [0.15, 0.2) is 18.2 Å². The van der Waals surface area contributed by atoms with Gasteiger partial charge >= 0.3 is 0 Å². The summed E-state index contributed by atoms with van der Waals surface area (Å²) in [5.41, 5.74) is 3.04. The molecule has 2 atom stereocenters. The molecular weight excluding hydrogens is 224 g/mol. The standard InChI is InChI=1S/C15H22N2O/c1-10-5-4-6-14(11(10)2)15(18)17-12(3)13-7-8-16-9-13/h4-6,12-13,16H,7-9H2,1-3H3,(H,17,18). The Balaban J connectivity index is 2.05. The van der Waals surface area contributed by atoms with E-state index >= 15 is 0 Å². The number of hydrogen-bond acceptors (Lipinski definition) is 2. The van der Waals surface area contributed by atoms with Crippen LogP contribution in [0, 0.1) is 19.8 Å². The van der Waals surface area contributed by atoms with Crippen molar-refractivity contribution in [1.82, 2.24) is 10.6 Å². The van der Waals surface area contributed by atoms with E-state index in [1.165, 1.54) is 0 Å². The summed E-state index contributed by atoms with van der Waals surface area (Å²) in [6.07, 6.45) is 1.15. The van der Waals surface area contributed by atoms with Crippen molar-refractivity contribution in [2.45, 2.75) is 33.2 Å². The fraction of sp³-hybridized carbons (Fsp3) is 0.533. The number of rotatable bonds is 3. The Labute approximate surface area is 109 Å². The Kier molecular flexibility index (Phi) is 4.02. The van der Waals surface area contributed by atoms with E-state index in [0.717, 1.165) is 36.2 Å². The number of nitrogens with one attached hydrogen (secondary N) is 2. The van der Waals surface area contributed by atoms with Crippen LogP contribution in [-0.2, 0) is 0 Å². The monoisotopic (exact) mass is 246 g/mol. The zero-order valence-electron chi connectivity index (χ0n) is 11.4. The minimum absolute atomic E-state index is 0.0515. The van der Waals surface area contributed by atoms with E-state index in [-0.39, 0.29) is 11.9 Å². The highest BCUT2D eigenvalue weighted by atomic mass is 16.1. The van der Waals surface area contributed by atoms with Crippen molar-refractivity contribution in [2.75, 3.05) is 13.1 Å². The first-order chi connectivity index (χ1) is 8.59. The summed E-state index contributed by atoms with van der Waals surface area (Å²) in [6, 6.07) is 6.11. The van der Waals surface area contributed by atoms with Gasteiger partial charge in [-0.2, -0.15) is 0 Å². The number of benzene rings is 1. The third kappa shape index (κ3) is 2.72. The summed E-state index contributed by atoms with van der Waals surface area (Å²) < 4.78 is 0. The fourth-order valence-corrected chi connectivity index (χ4v) is 2.50. The van der Waals surface area contributed by atoms with E-state index in [1.54, 1.807) is 0 Å². The molecule has 1 saturated heterocycles. The van der Waals surface area contributed by atoms with Crippen molar-refractivity contribution in [2.24, 2.45) is 5.92 Å². The van der Waals surface area contributed by atoms with Gasteiger partial charge in [0.2, 0.25) is 0 Å². The topological polar surface area (TPSA) is 41.1 Å². The van der Waals surface area contributed by atoms with Gasteiger partial charge in [0, 0.05) is 11.6 Å². The molecule has 0 aliphatic carbocycles. The lowest BCUT2D eigenvalue weighted by Gasteiger charge is -2.20. The molecule has 98 valence electrons. The second-order valence-electron chi connectivity index (χ2n) is 5.26. The third-order valence-corrected chi connectivity index (χ3v) is 4.01. The number of aryl methyl sites for hydroxylation is 1. The minimum Gasteiger partial charge on any atom is -0.349 e. The molecule has 1 aromatic rings. The molecule has 2 unspecified atom stereocenters. The average molecular weight is 246 g/mol. The molecule has 2 N–H and O–H groups in total. The first-order valence-electron chi connectivity index (χ1n) is 6.67. The summed E-state index contributed by atoms with van der Waals surface area (Å²) in [5.74, 6) is 0.606. The lowest BCUT2D eigenvalue weighted by molar-refractivity contribution is 0.0928. The van der Waals surface area contributed by atoms with Crippen LogP contribution in [0.1, 0.15) is 34.8 Å². The minimum atomic E-state index is 0.0515. The van der Waals surface area contributed by atoms with Gasteiger partial charge < -0.3 is 10.6 Å². The Hall–Kier alpha value is -1.35. The van der Waals surface area contributed by atoms with Gasteiger partial charge in [-0.3, -0.25) is 4.79 Å². The van der Waals surface area contributed by atoms with Crippen molar-refractivity contribution in [3.05, 3.63) is 34.9 Å². The summed E-state index contributed by atoms with van der Waals surface area (Å²) >= 11 is 0. The number of hydrogen-bond donors (Lipinski definition) is 2. The summed E-state index contributed by atoms with van der Waals surface area (Å²) in [7, 11) is 0. The lowest BCUT2D eigenvalue weighted by Crippen LogP contribution is -2.39. The van der Waals surface area contributed by atoms with E-state index in [0.29, 0.717) is 5.92 Å². The van der Waals surface area contributed by atoms with Gasteiger partial charge in [0.05, 0.1) is 0 Å². The van der Waals surface area contributed by atoms with Crippen LogP contribution < -0.4 is 10.6 Å². The molecule has 3 heteroatoms. The van der Waals surface area contributed by atoms with Crippen LogP contribution >= 0.6 is 0 Å². The smallest absolute Gasteiger partial charge is 0.251 e. The van der Waals surface area contributed by atoms with Crippen molar-refractivity contribution in [1.29, 1.82) is 0 Å². The van der Waals surface area contributed by atoms with E-state index in [9.17, 15) is 4.79 Å². The fourth-order valence-electron chi connectivity index (χ4n) is 2.50. The quantitative estimate of drug-likeness (QED) is 0.857. The Morgan fingerprint density at radius 3 is 2.89 bits per heavy atom. The molecule has 1 aromatic carbocycles. The molecule has 0 aromatic heterocycles. The van der Waals surface area contributed by atoms with E-state index in [2.05, 4.69) is 17.6 Å². The number of carbonyl (C=O) groups excluding carboxylic acids is 1. The molecule has 0 saturated carbocycles. The predicted molar refractivity (Wildman–Crippen MR) is 73.8 cm³/mol. The summed E-state index contributed by atoms with van der Waals surface area (Å²) in [4.78, 5) is 12.3. The molecule has 1 aliphatic heterocycles. The first-order valence-corrected chi connectivity index (χ1v) is 6.67. The zero-order valence-corrected chi connectivity index (χ0v) is 11.4. The summed E-state index contributed by atoms with van der Waals surface area (Å²) in [5, 5.41) is 6.46. The van der Waals surface area contributed by atoms with Crippen LogP contribution in [0.2, 0.25) is 0 Å². The van der Waals surface area contributed by atoms with Gasteiger partial charge in [0.15, 0.2) is 0 Å². The maximum absolute atomic E-state index is 12.3. The molecule has 1 aliphatic rings. The van der Waals surface area contributed by atoms with Gasteiger partial charge in [-0.15, -0.1) is 0 Å². The maximum Gasteiger partial charge on any atom is 0.251 e. The Morgan fingerprint density at radius 1 is 1.44 bits per heavy atom. The van der Waals surface area contributed by atoms with Crippen molar-refractivity contribution >= 4 is 5.91 Å². The van der Waals surface area contributed by atoms with E-state index in [1.807, 2.05) is 32.0 Å². The van der Waals surface area contributed by atoms with Gasteiger partial charge in [0.1, 0.15) is 0 Å². The van der Waals surface area contributed by atoms with Crippen LogP contribution in [0.4, 0.5) is 0 Å². The highest BCUT2D eigenvalue weighted by molar-refractivity contribution is 5.96. The third-order valence-electron chi connectivity index (χ3n) is 4.01. The Bertz CT molecular complexity index is 436. The average Bonchev–Trinajstić information content (AvgIpc) is 2.86. The van der Waals surface area contributed by atoms with Crippen molar-refractivity contribution in [3.8, 4) is 0 Å². The Morgan fingerprint density at radius 2 is 2.22 bits per heavy atom. The van der Waals surface area contributed by atoms with E-state index in [4.69, 9.17) is 0 Å². The zero-order chi connectivity index (χ0) is 13.1. The normalized spacial score (nSPS) is 20.7.